The molecule has 0 aromatic carbocycles. The lowest BCUT2D eigenvalue weighted by Gasteiger charge is -2.27. The first-order valence-corrected chi connectivity index (χ1v) is 11.0. The van der Waals surface area contributed by atoms with Crippen molar-refractivity contribution in [3.05, 3.63) is 36.3 Å². The van der Waals surface area contributed by atoms with Crippen LogP contribution >= 0.6 is 0 Å². The van der Waals surface area contributed by atoms with Gasteiger partial charge in [-0.1, -0.05) is 0 Å². The smallest absolute Gasteiger partial charge is 0.328 e. The maximum absolute atomic E-state index is 9.55. The number of ether oxygens (including phenoxy) is 1. The summed E-state index contributed by atoms with van der Waals surface area (Å²) in [6.07, 6.45) is 6.36. The van der Waals surface area contributed by atoms with Crippen molar-refractivity contribution in [2.24, 2.45) is 0 Å². The van der Waals surface area contributed by atoms with E-state index in [2.05, 4.69) is 19.8 Å². The number of imidazole rings is 1. The van der Waals surface area contributed by atoms with Gasteiger partial charge in [-0.2, -0.15) is 0 Å². The third kappa shape index (κ3) is 9.13. The van der Waals surface area contributed by atoms with Crippen molar-refractivity contribution in [1.82, 2.24) is 24.8 Å². The van der Waals surface area contributed by atoms with Gasteiger partial charge in [0.25, 0.3) is 0 Å². The first-order chi connectivity index (χ1) is 15.5. The number of carboxylic acid groups (broad SMARTS) is 2. The van der Waals surface area contributed by atoms with E-state index in [1.807, 2.05) is 25.3 Å². The van der Waals surface area contributed by atoms with Crippen LogP contribution in [0.1, 0.15) is 25.6 Å². The number of carbonyl (C=O) groups is 2. The molecule has 3 rings (SSSR count). The maximum atomic E-state index is 9.55. The number of unbranched alkanes of at least 4 members (excludes halogenated alkanes) is 1. The molecule has 3 N–H and O–H groups in total. The molecule has 1 aliphatic rings. The number of piperazine rings is 1. The number of carboxylic acids is 2. The Labute approximate surface area is 187 Å². The zero-order chi connectivity index (χ0) is 23.2. The number of pyridine rings is 1. The van der Waals surface area contributed by atoms with Gasteiger partial charge in [0.15, 0.2) is 5.65 Å². The highest BCUT2D eigenvalue weighted by molar-refractivity contribution is 5.89. The molecule has 3 heterocycles. The Morgan fingerprint density at radius 1 is 1.16 bits per heavy atom. The summed E-state index contributed by atoms with van der Waals surface area (Å²) in [5.74, 6) is -1.37. The Morgan fingerprint density at radius 2 is 1.88 bits per heavy atom. The first kappa shape index (κ1) is 25.4. The molecule has 10 nitrogen and oxygen atoms in total. The minimum atomic E-state index is -1.26. The van der Waals surface area contributed by atoms with E-state index in [0.29, 0.717) is 18.8 Å². The van der Waals surface area contributed by atoms with Gasteiger partial charge in [0.1, 0.15) is 11.3 Å². The van der Waals surface area contributed by atoms with Crippen LogP contribution in [0.2, 0.25) is 0 Å². The molecule has 0 saturated carbocycles. The van der Waals surface area contributed by atoms with Crippen LogP contribution in [0.15, 0.2) is 30.5 Å². The molecule has 10 heteroatoms. The Morgan fingerprint density at radius 3 is 2.53 bits per heavy atom. The predicted molar refractivity (Wildman–Crippen MR) is 121 cm³/mol. The zero-order valence-electron chi connectivity index (χ0n) is 18.6. The number of aromatic nitrogens is 3. The second kappa shape index (κ2) is 14.3. The van der Waals surface area contributed by atoms with Crippen LogP contribution in [0.25, 0.3) is 11.2 Å². The average Bonchev–Trinajstić information content (AvgIpc) is 3.14. The average molecular weight is 448 g/mol. The SMILES string of the molecule is CCOCCn1c(CCCCN2CCNCC2)nc2cccnc21.O=C(O)/C=C/C(=O)O. The van der Waals surface area contributed by atoms with Crippen LogP contribution in [0.5, 0.6) is 0 Å². The molecule has 0 aliphatic carbocycles. The lowest BCUT2D eigenvalue weighted by molar-refractivity contribution is -0.134. The lowest BCUT2D eigenvalue weighted by Crippen LogP contribution is -2.43. The molecule has 1 aliphatic heterocycles. The van der Waals surface area contributed by atoms with Gasteiger partial charge in [0, 0.05) is 64.1 Å². The zero-order valence-corrected chi connectivity index (χ0v) is 18.6. The molecule has 2 aromatic rings. The Hall–Kier alpha value is -2.82. The number of fused-ring (bicyclic) bond motifs is 1. The topological polar surface area (TPSA) is 130 Å². The molecular weight excluding hydrogens is 414 g/mol. The highest BCUT2D eigenvalue weighted by Gasteiger charge is 2.12. The molecule has 0 spiro atoms. The van der Waals surface area contributed by atoms with Crippen molar-refractivity contribution in [2.45, 2.75) is 32.7 Å². The molecule has 32 heavy (non-hydrogen) atoms. The van der Waals surface area contributed by atoms with Crippen molar-refractivity contribution in [3.8, 4) is 0 Å². The van der Waals surface area contributed by atoms with Gasteiger partial charge < -0.3 is 29.7 Å². The molecule has 2 aromatic heterocycles. The molecule has 176 valence electrons. The molecule has 0 bridgehead atoms. The standard InChI is InChI=1S/C18H29N5O.C4H4O4/c1-2-24-15-14-23-17(21-16-6-5-8-20-18(16)23)7-3-4-11-22-12-9-19-10-13-22;5-3(6)1-2-4(7)8/h5-6,8,19H,2-4,7,9-15H2,1H3;1-2H,(H,5,6)(H,7,8)/b;2-1+. The van der Waals surface area contributed by atoms with E-state index < -0.39 is 11.9 Å². The van der Waals surface area contributed by atoms with Crippen molar-refractivity contribution >= 4 is 23.1 Å². The summed E-state index contributed by atoms with van der Waals surface area (Å²) in [4.78, 5) is 31.0. The quantitative estimate of drug-likeness (QED) is 0.346. The van der Waals surface area contributed by atoms with Gasteiger partial charge in [-0.25, -0.2) is 19.6 Å². The first-order valence-electron chi connectivity index (χ1n) is 11.0. The van der Waals surface area contributed by atoms with Gasteiger partial charge in [0.05, 0.1) is 6.61 Å². The van der Waals surface area contributed by atoms with Gasteiger partial charge in [-0.05, 0) is 38.4 Å². The second-order valence-electron chi connectivity index (χ2n) is 7.28. The van der Waals surface area contributed by atoms with E-state index in [9.17, 15) is 9.59 Å². The van der Waals surface area contributed by atoms with Gasteiger partial charge in [0.2, 0.25) is 0 Å². The Kier molecular flexibility index (Phi) is 11.4. The van der Waals surface area contributed by atoms with E-state index >= 15 is 0 Å². The van der Waals surface area contributed by atoms with Crippen LogP contribution in [0.3, 0.4) is 0 Å². The van der Waals surface area contributed by atoms with E-state index in [4.69, 9.17) is 19.9 Å². The van der Waals surface area contributed by atoms with Gasteiger partial charge in [-0.3, -0.25) is 0 Å². The number of hydrogen-bond donors (Lipinski definition) is 3. The van der Waals surface area contributed by atoms with E-state index in [1.165, 1.54) is 32.5 Å². The number of rotatable bonds is 11. The Bertz CT molecular complexity index is 861. The van der Waals surface area contributed by atoms with Crippen molar-refractivity contribution in [1.29, 1.82) is 0 Å². The highest BCUT2D eigenvalue weighted by Crippen LogP contribution is 2.15. The molecule has 0 amide bonds. The minimum Gasteiger partial charge on any atom is -0.478 e. The number of aryl methyl sites for hydroxylation is 1. The van der Waals surface area contributed by atoms with Crippen molar-refractivity contribution in [3.63, 3.8) is 0 Å². The molecule has 1 fully saturated rings. The normalized spacial score (nSPS) is 14.4. The lowest BCUT2D eigenvalue weighted by atomic mass is 10.2. The largest absolute Gasteiger partial charge is 0.478 e. The summed E-state index contributed by atoms with van der Waals surface area (Å²) >= 11 is 0. The summed E-state index contributed by atoms with van der Waals surface area (Å²) in [5.41, 5.74) is 1.97. The fourth-order valence-electron chi connectivity index (χ4n) is 3.43. The summed E-state index contributed by atoms with van der Waals surface area (Å²) in [7, 11) is 0. The fourth-order valence-corrected chi connectivity index (χ4v) is 3.43. The number of nitrogens with one attached hydrogen (secondary N) is 1. The summed E-state index contributed by atoms with van der Waals surface area (Å²) in [5, 5.41) is 19.0. The third-order valence-electron chi connectivity index (χ3n) is 4.95. The van der Waals surface area contributed by atoms with Crippen molar-refractivity contribution < 1.29 is 24.5 Å². The van der Waals surface area contributed by atoms with Gasteiger partial charge in [-0.15, -0.1) is 0 Å². The minimum absolute atomic E-state index is 0.558. The maximum Gasteiger partial charge on any atom is 0.328 e. The van der Waals surface area contributed by atoms with Crippen LogP contribution < -0.4 is 5.32 Å². The van der Waals surface area contributed by atoms with Crippen LogP contribution in [-0.4, -0.2) is 87.5 Å². The van der Waals surface area contributed by atoms with E-state index in [1.54, 1.807) is 0 Å². The fraction of sp³-hybridized carbons (Fsp3) is 0.545. The van der Waals surface area contributed by atoms with Crippen LogP contribution in [0, 0.1) is 0 Å². The number of aliphatic carboxylic acids is 2. The summed E-state index contributed by atoms with van der Waals surface area (Å²) in [6, 6.07) is 4.00. The Balaban J connectivity index is 0.000000390. The molecule has 0 radical (unpaired) electrons. The molecule has 1 saturated heterocycles. The summed E-state index contributed by atoms with van der Waals surface area (Å²) in [6.45, 7) is 10.1. The summed E-state index contributed by atoms with van der Waals surface area (Å²) < 4.78 is 7.76. The third-order valence-corrected chi connectivity index (χ3v) is 4.95. The van der Waals surface area contributed by atoms with Gasteiger partial charge >= 0.3 is 11.9 Å². The molecular formula is C22H33N5O5. The predicted octanol–water partition coefficient (Wildman–Crippen LogP) is 1.41. The monoisotopic (exact) mass is 447 g/mol. The van der Waals surface area contributed by atoms with Crippen molar-refractivity contribution in [2.75, 3.05) is 45.9 Å². The van der Waals surface area contributed by atoms with E-state index in [-0.39, 0.29) is 0 Å². The van der Waals surface area contributed by atoms with Crippen LogP contribution in [-0.2, 0) is 27.3 Å². The number of nitrogens with zero attached hydrogens (tertiary/aromatic N) is 4. The van der Waals surface area contributed by atoms with E-state index in [0.717, 1.165) is 49.7 Å². The van der Waals surface area contributed by atoms with Crippen LogP contribution in [0.4, 0.5) is 0 Å². The molecule has 0 unspecified atom stereocenters. The number of hydrogen-bond acceptors (Lipinski definition) is 7. The molecule has 0 atom stereocenters. The second-order valence-corrected chi connectivity index (χ2v) is 7.28. The highest BCUT2D eigenvalue weighted by atomic mass is 16.5.